The zero-order valence-electron chi connectivity index (χ0n) is 13.2. The molecule has 0 radical (unpaired) electrons. The van der Waals surface area contributed by atoms with Crippen LogP contribution in [0.2, 0.25) is 0 Å². The van der Waals surface area contributed by atoms with Crippen LogP contribution in [0.4, 0.5) is 23.2 Å². The second-order valence-corrected chi connectivity index (χ2v) is 6.94. The number of aromatic nitrogens is 2. The molecule has 9 nitrogen and oxygen atoms in total. The molecule has 3 N–H and O–H groups in total. The monoisotopic (exact) mass is 407 g/mol. The van der Waals surface area contributed by atoms with Gasteiger partial charge >= 0.3 is 11.9 Å². The topological polar surface area (TPSA) is 140 Å². The van der Waals surface area contributed by atoms with E-state index in [0.717, 1.165) is 0 Å². The molecule has 0 unspecified atom stereocenters. The number of rotatable bonds is 3. The Labute approximate surface area is 147 Å². The Morgan fingerprint density at radius 3 is 2.30 bits per heavy atom. The lowest BCUT2D eigenvalue weighted by atomic mass is 10.1. The fourth-order valence-electron chi connectivity index (χ4n) is 2.11. The van der Waals surface area contributed by atoms with Crippen molar-refractivity contribution >= 4 is 15.7 Å². The first-order valence-corrected chi connectivity index (χ1v) is 8.58. The zero-order chi connectivity index (χ0) is 20.7. The first kappa shape index (κ1) is 20.0. The number of benzene rings is 1. The molecule has 0 aliphatic heterocycles. The maximum Gasteiger partial charge on any atom is 0.433 e. The van der Waals surface area contributed by atoms with Crippen molar-refractivity contribution in [3.05, 3.63) is 56.1 Å². The Morgan fingerprint density at radius 2 is 1.81 bits per heavy atom. The van der Waals surface area contributed by atoms with Crippen molar-refractivity contribution in [1.29, 1.82) is 5.26 Å². The average Bonchev–Trinajstić information content (AvgIpc) is 2.51. The van der Waals surface area contributed by atoms with Crippen molar-refractivity contribution in [2.75, 3.05) is 16.8 Å². The summed E-state index contributed by atoms with van der Waals surface area (Å²) in [6.07, 6.45) is -4.41. The molecule has 0 aliphatic carbocycles. The highest BCUT2D eigenvalue weighted by molar-refractivity contribution is 7.92. The SMILES string of the molecule is CS(=O)(=O)Nc1cc(-n2c(=O)cc(C(F)(F)F)n(N)c2=O)c(F)cc1C#N. The number of nitriles is 1. The van der Waals surface area contributed by atoms with Gasteiger partial charge in [-0.05, 0) is 12.1 Å². The Bertz CT molecular complexity index is 1190. The third-order valence-electron chi connectivity index (χ3n) is 3.17. The van der Waals surface area contributed by atoms with E-state index >= 15 is 0 Å². The quantitative estimate of drug-likeness (QED) is 0.547. The minimum atomic E-state index is -5.13. The van der Waals surface area contributed by atoms with Gasteiger partial charge in [-0.2, -0.15) is 18.4 Å². The third kappa shape index (κ3) is 3.92. The molecule has 144 valence electrons. The van der Waals surface area contributed by atoms with Gasteiger partial charge in [0.1, 0.15) is 11.9 Å². The van der Waals surface area contributed by atoms with Crippen LogP contribution in [0.1, 0.15) is 11.3 Å². The Morgan fingerprint density at radius 1 is 1.22 bits per heavy atom. The highest BCUT2D eigenvalue weighted by Crippen LogP contribution is 2.27. The van der Waals surface area contributed by atoms with Crippen LogP contribution in [0.25, 0.3) is 5.69 Å². The number of nitrogen functional groups attached to an aromatic ring is 1. The van der Waals surface area contributed by atoms with Gasteiger partial charge in [0, 0.05) is 6.07 Å². The molecule has 2 aromatic rings. The summed E-state index contributed by atoms with van der Waals surface area (Å²) >= 11 is 0. The van der Waals surface area contributed by atoms with E-state index in [1.165, 1.54) is 6.07 Å². The van der Waals surface area contributed by atoms with Crippen LogP contribution in [-0.2, 0) is 16.2 Å². The minimum Gasteiger partial charge on any atom is -0.335 e. The van der Waals surface area contributed by atoms with Crippen LogP contribution < -0.4 is 21.8 Å². The number of alkyl halides is 3. The van der Waals surface area contributed by atoms with E-state index in [0.29, 0.717) is 18.4 Å². The summed E-state index contributed by atoms with van der Waals surface area (Å²) in [5.74, 6) is 3.72. The van der Waals surface area contributed by atoms with Gasteiger partial charge < -0.3 is 5.84 Å². The summed E-state index contributed by atoms with van der Waals surface area (Å²) in [6.45, 7) is 0. The number of hydrogen-bond acceptors (Lipinski definition) is 6. The first-order chi connectivity index (χ1) is 12.3. The van der Waals surface area contributed by atoms with E-state index in [1.54, 1.807) is 0 Å². The highest BCUT2D eigenvalue weighted by Gasteiger charge is 2.36. The first-order valence-electron chi connectivity index (χ1n) is 6.69. The van der Waals surface area contributed by atoms with Crippen LogP contribution >= 0.6 is 0 Å². The molecule has 1 aromatic heterocycles. The molecule has 0 bridgehead atoms. The number of sulfonamides is 1. The Balaban J connectivity index is 2.86. The smallest absolute Gasteiger partial charge is 0.335 e. The predicted octanol–water partition coefficient (Wildman–Crippen LogP) is 0.114. The van der Waals surface area contributed by atoms with Crippen LogP contribution in [0, 0.1) is 17.1 Å². The summed E-state index contributed by atoms with van der Waals surface area (Å²) < 4.78 is 76.8. The van der Waals surface area contributed by atoms with Gasteiger partial charge in [-0.25, -0.2) is 26.8 Å². The molecule has 1 heterocycles. The summed E-state index contributed by atoms with van der Waals surface area (Å²) in [5, 5.41) is 8.95. The van der Waals surface area contributed by atoms with E-state index in [4.69, 9.17) is 11.1 Å². The van der Waals surface area contributed by atoms with Crippen LogP contribution in [0.15, 0.2) is 27.8 Å². The van der Waals surface area contributed by atoms with Crippen molar-refractivity contribution < 1.29 is 26.0 Å². The lowest BCUT2D eigenvalue weighted by molar-refractivity contribution is -0.143. The molecule has 0 amide bonds. The molecule has 1 aromatic carbocycles. The molecule has 2 rings (SSSR count). The summed E-state index contributed by atoms with van der Waals surface area (Å²) in [5.41, 5.74) is -6.95. The number of nitrogens with two attached hydrogens (primary N) is 1. The maximum atomic E-state index is 14.3. The number of nitrogens with zero attached hydrogens (tertiary/aromatic N) is 3. The largest absolute Gasteiger partial charge is 0.433 e. The maximum absolute atomic E-state index is 14.3. The van der Waals surface area contributed by atoms with E-state index in [2.05, 4.69) is 0 Å². The standard InChI is InChI=1S/C13H9F4N5O4S/c1-27(25,26)20-8-3-9(7(14)2-6(8)5-18)21-11(23)4-10(13(15,16)17)22(19)12(21)24/h2-4,20H,19H2,1H3. The van der Waals surface area contributed by atoms with E-state index in [-0.39, 0.29) is 10.6 Å². The molecule has 0 spiro atoms. The van der Waals surface area contributed by atoms with E-state index in [9.17, 15) is 35.6 Å². The highest BCUT2D eigenvalue weighted by atomic mass is 32.2. The van der Waals surface area contributed by atoms with Gasteiger partial charge in [0.05, 0.1) is 23.2 Å². The molecule has 0 saturated carbocycles. The number of halogens is 4. The normalized spacial score (nSPS) is 11.9. The van der Waals surface area contributed by atoms with E-state index < -0.39 is 60.6 Å². The lowest BCUT2D eigenvalue weighted by Gasteiger charge is -2.15. The van der Waals surface area contributed by atoms with Crippen molar-refractivity contribution in [1.82, 2.24) is 9.24 Å². The van der Waals surface area contributed by atoms with Crippen LogP contribution in [-0.4, -0.2) is 23.9 Å². The van der Waals surface area contributed by atoms with Gasteiger partial charge in [0.25, 0.3) is 5.56 Å². The molecule has 0 saturated heterocycles. The molecule has 0 atom stereocenters. The summed E-state index contributed by atoms with van der Waals surface area (Å²) in [4.78, 5) is 24.1. The average molecular weight is 407 g/mol. The van der Waals surface area contributed by atoms with Gasteiger partial charge in [-0.1, -0.05) is 0 Å². The molecule has 27 heavy (non-hydrogen) atoms. The van der Waals surface area contributed by atoms with Crippen molar-refractivity contribution in [2.45, 2.75) is 6.18 Å². The number of anilines is 1. The third-order valence-corrected chi connectivity index (χ3v) is 3.76. The van der Waals surface area contributed by atoms with Gasteiger partial charge in [-0.3, -0.25) is 9.52 Å². The van der Waals surface area contributed by atoms with Gasteiger partial charge in [0.15, 0.2) is 5.69 Å². The molecule has 0 fully saturated rings. The van der Waals surface area contributed by atoms with Gasteiger partial charge in [-0.15, -0.1) is 0 Å². The molecular weight excluding hydrogens is 398 g/mol. The van der Waals surface area contributed by atoms with Crippen molar-refractivity contribution in [3.8, 4) is 11.8 Å². The zero-order valence-corrected chi connectivity index (χ0v) is 14.0. The Kier molecular flexibility index (Phi) is 4.76. The molecular formula is C13H9F4N5O4S. The molecule has 0 aliphatic rings. The lowest BCUT2D eigenvalue weighted by Crippen LogP contribution is -2.45. The van der Waals surface area contributed by atoms with Crippen molar-refractivity contribution in [2.24, 2.45) is 0 Å². The summed E-state index contributed by atoms with van der Waals surface area (Å²) in [7, 11) is -3.94. The fourth-order valence-corrected chi connectivity index (χ4v) is 2.67. The number of hydrogen-bond donors (Lipinski definition) is 2. The second-order valence-electron chi connectivity index (χ2n) is 5.19. The summed E-state index contributed by atoms with van der Waals surface area (Å²) in [6, 6.07) is 2.59. The van der Waals surface area contributed by atoms with Crippen molar-refractivity contribution in [3.63, 3.8) is 0 Å². The van der Waals surface area contributed by atoms with Crippen LogP contribution in [0.3, 0.4) is 0 Å². The fraction of sp³-hybridized carbons (Fsp3) is 0.154. The number of nitrogens with one attached hydrogen (secondary N) is 1. The van der Waals surface area contributed by atoms with Gasteiger partial charge in [0.2, 0.25) is 10.0 Å². The molecule has 14 heteroatoms. The van der Waals surface area contributed by atoms with Crippen LogP contribution in [0.5, 0.6) is 0 Å². The second kappa shape index (κ2) is 6.43. The predicted molar refractivity (Wildman–Crippen MR) is 84.6 cm³/mol. The Hall–Kier alpha value is -3.34. The minimum absolute atomic E-state index is 0.0251. The van der Waals surface area contributed by atoms with E-state index in [1.807, 2.05) is 4.72 Å².